The van der Waals surface area contributed by atoms with E-state index in [4.69, 9.17) is 4.43 Å². The number of benzene rings is 1. The lowest BCUT2D eigenvalue weighted by Gasteiger charge is -2.35. The van der Waals surface area contributed by atoms with Gasteiger partial charge in [-0.2, -0.15) is 0 Å². The molecule has 0 aromatic heterocycles. The van der Waals surface area contributed by atoms with Crippen LogP contribution < -0.4 is 0 Å². The van der Waals surface area contributed by atoms with Crippen molar-refractivity contribution in [2.45, 2.75) is 38.9 Å². The molecule has 1 aliphatic rings. The van der Waals surface area contributed by atoms with Crippen molar-refractivity contribution in [2.24, 2.45) is 0 Å². The highest BCUT2D eigenvalue weighted by Crippen LogP contribution is 2.36. The molecule has 0 radical (unpaired) electrons. The molecule has 0 saturated heterocycles. The second-order valence-electron chi connectivity index (χ2n) is 6.69. The van der Waals surface area contributed by atoms with Gasteiger partial charge in [-0.05, 0) is 30.3 Å². The average Bonchev–Trinajstić information content (AvgIpc) is 2.63. The molecule has 0 atom stereocenters. The minimum Gasteiger partial charge on any atom is -0.548 e. The molecule has 2 rings (SSSR count). The number of hydrogen-bond acceptors (Lipinski definition) is 3. The molecule has 1 aromatic rings. The highest BCUT2D eigenvalue weighted by Gasteiger charge is 2.38. The van der Waals surface area contributed by atoms with Crippen LogP contribution in [0.1, 0.15) is 41.5 Å². The normalized spacial score (nSPS) is 15.8. The molecule has 0 unspecified atom stereocenters. The van der Waals surface area contributed by atoms with E-state index >= 15 is 0 Å². The highest BCUT2D eigenvalue weighted by molar-refractivity contribution is 6.74. The van der Waals surface area contributed by atoms with Crippen LogP contribution in [0.5, 0.6) is 0 Å². The summed E-state index contributed by atoms with van der Waals surface area (Å²) >= 11 is 0. The van der Waals surface area contributed by atoms with E-state index in [1.165, 1.54) is 12.5 Å². The summed E-state index contributed by atoms with van der Waals surface area (Å²) in [5.41, 5.74) is 0.888. The lowest BCUT2D eigenvalue weighted by molar-refractivity contribution is 0.0718. The van der Waals surface area contributed by atoms with Gasteiger partial charge in [-0.1, -0.05) is 32.9 Å². The summed E-state index contributed by atoms with van der Waals surface area (Å²) < 4.78 is 5.86. The number of hydrogen-bond donors (Lipinski definition) is 0. The zero-order valence-corrected chi connectivity index (χ0v) is 14.1. The summed E-state index contributed by atoms with van der Waals surface area (Å²) in [6, 6.07) is 6.84. The molecular formula is C16H21NO3Si. The van der Waals surface area contributed by atoms with Gasteiger partial charge in [0.25, 0.3) is 11.8 Å². The third-order valence-electron chi connectivity index (χ3n) is 4.20. The van der Waals surface area contributed by atoms with Crippen molar-refractivity contribution in [3.63, 3.8) is 0 Å². The molecule has 0 bridgehead atoms. The summed E-state index contributed by atoms with van der Waals surface area (Å²) in [6.07, 6.45) is 2.92. The van der Waals surface area contributed by atoms with Crippen LogP contribution in [0.15, 0.2) is 36.7 Å². The van der Waals surface area contributed by atoms with Crippen LogP contribution in [-0.2, 0) is 4.43 Å². The Balaban J connectivity index is 2.14. The summed E-state index contributed by atoms with van der Waals surface area (Å²) in [6.45, 7) is 10.6. The third kappa shape index (κ3) is 2.78. The lowest BCUT2D eigenvalue weighted by atomic mass is 10.1. The van der Waals surface area contributed by atoms with E-state index in [0.717, 1.165) is 4.90 Å². The van der Waals surface area contributed by atoms with Crippen molar-refractivity contribution in [3.8, 4) is 0 Å². The first-order valence-electron chi connectivity index (χ1n) is 6.96. The Bertz CT molecular complexity index is 579. The van der Waals surface area contributed by atoms with Crippen molar-refractivity contribution < 1.29 is 14.0 Å². The van der Waals surface area contributed by atoms with Crippen molar-refractivity contribution in [1.29, 1.82) is 0 Å². The van der Waals surface area contributed by atoms with E-state index in [2.05, 4.69) is 33.9 Å². The number of fused-ring (bicyclic) bond motifs is 1. The average molecular weight is 303 g/mol. The van der Waals surface area contributed by atoms with Gasteiger partial charge in [-0.3, -0.25) is 9.59 Å². The van der Waals surface area contributed by atoms with Gasteiger partial charge in [0, 0.05) is 6.20 Å². The van der Waals surface area contributed by atoms with Gasteiger partial charge in [0.2, 0.25) is 8.32 Å². The Labute approximate surface area is 126 Å². The Kier molecular flexibility index (Phi) is 3.80. The second kappa shape index (κ2) is 5.15. The number of carbonyl (C=O) groups is 2. The fourth-order valence-electron chi connectivity index (χ4n) is 1.78. The Morgan fingerprint density at radius 1 is 1.05 bits per heavy atom. The van der Waals surface area contributed by atoms with Crippen LogP contribution in [-0.4, -0.2) is 25.0 Å². The third-order valence-corrected chi connectivity index (χ3v) is 8.54. The monoisotopic (exact) mass is 303 g/mol. The number of rotatable bonds is 3. The SMILES string of the molecule is CC(C)(C)[Si](C)(C)O/C=C/N1C(=O)c2ccccc2C1=O. The smallest absolute Gasteiger partial charge is 0.265 e. The van der Waals surface area contributed by atoms with Crippen molar-refractivity contribution in [2.75, 3.05) is 0 Å². The van der Waals surface area contributed by atoms with Crippen LogP contribution >= 0.6 is 0 Å². The first-order valence-corrected chi connectivity index (χ1v) is 9.87. The predicted molar refractivity (Wildman–Crippen MR) is 84.4 cm³/mol. The van der Waals surface area contributed by atoms with Gasteiger partial charge in [0.05, 0.1) is 17.4 Å². The van der Waals surface area contributed by atoms with Gasteiger partial charge in [-0.25, -0.2) is 4.90 Å². The lowest BCUT2D eigenvalue weighted by Crippen LogP contribution is -2.39. The van der Waals surface area contributed by atoms with Crippen LogP contribution in [0.3, 0.4) is 0 Å². The Morgan fingerprint density at radius 2 is 1.52 bits per heavy atom. The van der Waals surface area contributed by atoms with Crippen LogP contribution in [0.25, 0.3) is 0 Å². The molecule has 5 heteroatoms. The van der Waals surface area contributed by atoms with Gasteiger partial charge in [-0.15, -0.1) is 0 Å². The van der Waals surface area contributed by atoms with Gasteiger partial charge < -0.3 is 4.43 Å². The van der Waals surface area contributed by atoms with Crippen LogP contribution in [0.2, 0.25) is 18.1 Å². The molecule has 4 nitrogen and oxygen atoms in total. The standard InChI is InChI=1S/C16H21NO3Si/c1-16(2,3)21(4,5)20-11-10-17-14(18)12-8-6-7-9-13(12)15(17)19/h6-11H,1-5H3/b11-10+. The fourth-order valence-corrected chi connectivity index (χ4v) is 2.54. The molecule has 0 N–H and O–H groups in total. The van der Waals surface area contributed by atoms with E-state index in [-0.39, 0.29) is 16.9 Å². The van der Waals surface area contributed by atoms with Gasteiger partial charge in [0.15, 0.2) is 0 Å². The summed E-state index contributed by atoms with van der Waals surface area (Å²) in [5, 5.41) is 0.0688. The molecule has 1 heterocycles. The molecule has 0 aliphatic carbocycles. The molecular weight excluding hydrogens is 282 g/mol. The van der Waals surface area contributed by atoms with Crippen LogP contribution in [0, 0.1) is 0 Å². The fraction of sp³-hybridized carbons (Fsp3) is 0.375. The summed E-state index contributed by atoms with van der Waals surface area (Å²) in [4.78, 5) is 25.4. The zero-order chi connectivity index (χ0) is 15.8. The number of nitrogens with zero attached hydrogens (tertiary/aromatic N) is 1. The van der Waals surface area contributed by atoms with Crippen LogP contribution in [0.4, 0.5) is 0 Å². The molecule has 21 heavy (non-hydrogen) atoms. The molecule has 0 saturated carbocycles. The maximum atomic E-state index is 12.2. The summed E-state index contributed by atoms with van der Waals surface area (Å²) in [7, 11) is -1.94. The van der Waals surface area contributed by atoms with E-state index < -0.39 is 8.32 Å². The Hall–Kier alpha value is -1.88. The minimum absolute atomic E-state index is 0.0688. The summed E-state index contributed by atoms with van der Waals surface area (Å²) in [5.74, 6) is -0.601. The van der Waals surface area contributed by atoms with E-state index in [0.29, 0.717) is 11.1 Å². The number of amides is 2. The van der Waals surface area contributed by atoms with E-state index in [1.54, 1.807) is 24.3 Å². The molecule has 2 amide bonds. The maximum absolute atomic E-state index is 12.2. The first-order chi connectivity index (χ1) is 9.65. The zero-order valence-electron chi connectivity index (χ0n) is 13.1. The first kappa shape index (κ1) is 15.5. The van der Waals surface area contributed by atoms with Crippen molar-refractivity contribution in [1.82, 2.24) is 4.90 Å². The number of imide groups is 1. The largest absolute Gasteiger partial charge is 0.548 e. The molecule has 112 valence electrons. The minimum atomic E-state index is -1.94. The van der Waals surface area contributed by atoms with Crippen molar-refractivity contribution in [3.05, 3.63) is 47.9 Å². The van der Waals surface area contributed by atoms with E-state index in [9.17, 15) is 9.59 Å². The second-order valence-corrected chi connectivity index (χ2v) is 11.4. The maximum Gasteiger partial charge on any atom is 0.265 e. The quantitative estimate of drug-likeness (QED) is 0.485. The molecule has 1 aromatic carbocycles. The number of carbonyl (C=O) groups excluding carboxylic acids is 2. The van der Waals surface area contributed by atoms with Crippen molar-refractivity contribution >= 4 is 20.1 Å². The molecule has 0 spiro atoms. The Morgan fingerprint density at radius 3 is 1.95 bits per heavy atom. The predicted octanol–water partition coefficient (Wildman–Crippen LogP) is 3.78. The highest BCUT2D eigenvalue weighted by atomic mass is 28.4. The molecule has 1 aliphatic heterocycles. The topological polar surface area (TPSA) is 46.6 Å². The van der Waals surface area contributed by atoms with E-state index in [1.807, 2.05) is 0 Å². The molecule has 0 fully saturated rings. The van der Waals surface area contributed by atoms with Gasteiger partial charge >= 0.3 is 0 Å². The van der Waals surface area contributed by atoms with Gasteiger partial charge in [0.1, 0.15) is 0 Å².